The average molecular weight is 271 g/mol. The lowest BCUT2D eigenvalue weighted by atomic mass is 10.2. The van der Waals surface area contributed by atoms with E-state index in [0.717, 1.165) is 19.1 Å². The van der Waals surface area contributed by atoms with E-state index >= 15 is 0 Å². The third-order valence-electron chi connectivity index (χ3n) is 2.26. The van der Waals surface area contributed by atoms with E-state index in [9.17, 15) is 16.8 Å². The Morgan fingerprint density at radius 3 is 1.88 bits per heavy atom. The van der Waals surface area contributed by atoms with Crippen molar-refractivity contribution in [3.05, 3.63) is 0 Å². The van der Waals surface area contributed by atoms with Crippen molar-refractivity contribution in [1.29, 1.82) is 0 Å². The Kier molecular flexibility index (Phi) is 6.50. The molecule has 5 nitrogen and oxygen atoms in total. The maximum Gasteiger partial charge on any atom is 0.211 e. The Hall–Kier alpha value is -0.140. The van der Waals surface area contributed by atoms with Gasteiger partial charge in [-0.05, 0) is 19.3 Å². The second-order valence-corrected chi connectivity index (χ2v) is 8.07. The van der Waals surface area contributed by atoms with Crippen molar-refractivity contribution in [2.75, 3.05) is 17.8 Å². The van der Waals surface area contributed by atoms with Crippen LogP contribution < -0.4 is 4.72 Å². The topological polar surface area (TPSA) is 80.3 Å². The van der Waals surface area contributed by atoms with Crippen LogP contribution in [0.5, 0.6) is 0 Å². The van der Waals surface area contributed by atoms with Crippen LogP contribution in [-0.4, -0.2) is 40.6 Å². The molecule has 0 saturated carbocycles. The molecule has 0 aromatic carbocycles. The summed E-state index contributed by atoms with van der Waals surface area (Å²) in [4.78, 5) is 0. The molecule has 0 radical (unpaired) electrons. The monoisotopic (exact) mass is 271 g/mol. The lowest BCUT2D eigenvalue weighted by Gasteiger charge is -2.14. The molecule has 0 spiro atoms. The van der Waals surface area contributed by atoms with Gasteiger partial charge in [-0.2, -0.15) is 0 Å². The summed E-state index contributed by atoms with van der Waals surface area (Å²) in [5.41, 5.74) is 0. The largest absolute Gasteiger partial charge is 0.229 e. The van der Waals surface area contributed by atoms with Crippen LogP contribution in [0.15, 0.2) is 0 Å². The molecule has 0 amide bonds. The summed E-state index contributed by atoms with van der Waals surface area (Å²) < 4.78 is 47.3. The fourth-order valence-electron chi connectivity index (χ4n) is 1.28. The summed E-state index contributed by atoms with van der Waals surface area (Å²) in [6.07, 6.45) is 2.73. The SMILES string of the molecule is CCC(CC)NS(=O)(=O)CCCS(C)(=O)=O. The molecular weight excluding hydrogens is 250 g/mol. The molecule has 16 heavy (non-hydrogen) atoms. The van der Waals surface area contributed by atoms with Crippen LogP contribution in [0.3, 0.4) is 0 Å². The van der Waals surface area contributed by atoms with Crippen LogP contribution in [0.2, 0.25) is 0 Å². The van der Waals surface area contributed by atoms with Gasteiger partial charge in [0.1, 0.15) is 9.84 Å². The molecule has 0 bridgehead atoms. The van der Waals surface area contributed by atoms with Gasteiger partial charge in [0, 0.05) is 12.3 Å². The van der Waals surface area contributed by atoms with Gasteiger partial charge in [-0.25, -0.2) is 21.6 Å². The average Bonchev–Trinajstić information content (AvgIpc) is 2.11. The molecule has 0 unspecified atom stereocenters. The molecule has 0 fully saturated rings. The smallest absolute Gasteiger partial charge is 0.211 e. The third-order valence-corrected chi connectivity index (χ3v) is 4.81. The zero-order valence-electron chi connectivity index (χ0n) is 10.1. The predicted octanol–water partition coefficient (Wildman–Crippen LogP) is 0.529. The molecule has 0 atom stereocenters. The van der Waals surface area contributed by atoms with Crippen molar-refractivity contribution in [1.82, 2.24) is 4.72 Å². The molecule has 1 N–H and O–H groups in total. The molecule has 0 aromatic heterocycles. The summed E-state index contributed by atoms with van der Waals surface area (Å²) in [7, 11) is -6.42. The molecule has 0 heterocycles. The van der Waals surface area contributed by atoms with Crippen LogP contribution in [0.25, 0.3) is 0 Å². The summed E-state index contributed by atoms with van der Waals surface area (Å²) in [5.74, 6) is -0.215. The molecule has 0 rings (SSSR count). The van der Waals surface area contributed by atoms with E-state index in [4.69, 9.17) is 0 Å². The van der Waals surface area contributed by atoms with Gasteiger partial charge < -0.3 is 0 Å². The van der Waals surface area contributed by atoms with Crippen molar-refractivity contribution < 1.29 is 16.8 Å². The van der Waals surface area contributed by atoms with Crippen LogP contribution in [0, 0.1) is 0 Å². The van der Waals surface area contributed by atoms with Crippen molar-refractivity contribution in [2.45, 2.75) is 39.2 Å². The summed E-state index contributed by atoms with van der Waals surface area (Å²) in [6, 6.07) is -0.0526. The Morgan fingerprint density at radius 2 is 1.50 bits per heavy atom. The van der Waals surface area contributed by atoms with Crippen LogP contribution in [-0.2, 0) is 19.9 Å². The van der Waals surface area contributed by atoms with Gasteiger partial charge in [0.15, 0.2) is 0 Å². The van der Waals surface area contributed by atoms with E-state index in [0.29, 0.717) is 0 Å². The van der Waals surface area contributed by atoms with Crippen molar-refractivity contribution in [3.63, 3.8) is 0 Å². The first-order valence-corrected chi connectivity index (χ1v) is 9.09. The summed E-state index contributed by atoms with van der Waals surface area (Å²) in [5, 5.41) is 0. The zero-order chi connectivity index (χ0) is 12.8. The highest BCUT2D eigenvalue weighted by Crippen LogP contribution is 2.01. The van der Waals surface area contributed by atoms with Gasteiger partial charge in [0.25, 0.3) is 0 Å². The molecular formula is C9H21NO4S2. The first kappa shape index (κ1) is 15.9. The van der Waals surface area contributed by atoms with Crippen molar-refractivity contribution in [3.8, 4) is 0 Å². The first-order chi connectivity index (χ1) is 7.20. The molecule has 0 aliphatic carbocycles. The standard InChI is InChI=1S/C9H21NO4S2/c1-4-9(5-2)10-16(13,14)8-6-7-15(3,11)12/h9-10H,4-8H2,1-3H3. The van der Waals surface area contributed by atoms with E-state index < -0.39 is 19.9 Å². The van der Waals surface area contributed by atoms with Gasteiger partial charge in [-0.1, -0.05) is 13.8 Å². The minimum Gasteiger partial charge on any atom is -0.229 e. The van der Waals surface area contributed by atoms with E-state index in [1.54, 1.807) is 0 Å². The van der Waals surface area contributed by atoms with Gasteiger partial charge in [0.05, 0.1) is 11.5 Å². The molecule has 98 valence electrons. The lowest BCUT2D eigenvalue weighted by Crippen LogP contribution is -2.35. The molecule has 0 aromatic rings. The van der Waals surface area contributed by atoms with Crippen LogP contribution in [0.1, 0.15) is 33.1 Å². The molecule has 0 aliphatic rings. The van der Waals surface area contributed by atoms with Gasteiger partial charge in [-0.3, -0.25) is 0 Å². The van der Waals surface area contributed by atoms with Gasteiger partial charge in [0.2, 0.25) is 10.0 Å². The van der Waals surface area contributed by atoms with Crippen LogP contribution >= 0.6 is 0 Å². The Morgan fingerprint density at radius 1 is 1.00 bits per heavy atom. The number of hydrogen-bond acceptors (Lipinski definition) is 4. The number of rotatable bonds is 8. The molecule has 7 heteroatoms. The number of nitrogens with one attached hydrogen (secondary N) is 1. The number of hydrogen-bond donors (Lipinski definition) is 1. The van der Waals surface area contributed by atoms with E-state index in [1.807, 2.05) is 13.8 Å². The van der Waals surface area contributed by atoms with Gasteiger partial charge >= 0.3 is 0 Å². The molecule has 0 saturated heterocycles. The van der Waals surface area contributed by atoms with Crippen LogP contribution in [0.4, 0.5) is 0 Å². The van der Waals surface area contributed by atoms with E-state index in [-0.39, 0.29) is 24.0 Å². The second kappa shape index (κ2) is 6.56. The lowest BCUT2D eigenvalue weighted by molar-refractivity contribution is 0.529. The minimum atomic E-state index is -3.34. The Balaban J connectivity index is 4.16. The highest BCUT2D eigenvalue weighted by molar-refractivity contribution is 7.91. The zero-order valence-corrected chi connectivity index (χ0v) is 11.7. The summed E-state index contributed by atoms with van der Waals surface area (Å²) >= 11 is 0. The third kappa shape index (κ3) is 8.06. The fraction of sp³-hybridized carbons (Fsp3) is 1.00. The molecule has 0 aliphatic heterocycles. The van der Waals surface area contributed by atoms with E-state index in [2.05, 4.69) is 4.72 Å². The Bertz CT molecular complexity index is 382. The quantitative estimate of drug-likeness (QED) is 0.698. The second-order valence-electron chi connectivity index (χ2n) is 3.93. The first-order valence-electron chi connectivity index (χ1n) is 5.38. The highest BCUT2D eigenvalue weighted by atomic mass is 32.2. The Labute approximate surface area is 98.6 Å². The minimum absolute atomic E-state index is 0.0526. The predicted molar refractivity (Wildman–Crippen MR) is 65.6 cm³/mol. The number of sulfonamides is 1. The fourth-order valence-corrected chi connectivity index (χ4v) is 3.61. The number of sulfone groups is 1. The van der Waals surface area contributed by atoms with Gasteiger partial charge in [-0.15, -0.1) is 0 Å². The van der Waals surface area contributed by atoms with Crippen molar-refractivity contribution >= 4 is 19.9 Å². The maximum absolute atomic E-state index is 11.5. The maximum atomic E-state index is 11.5. The highest BCUT2D eigenvalue weighted by Gasteiger charge is 2.15. The van der Waals surface area contributed by atoms with Crippen molar-refractivity contribution in [2.24, 2.45) is 0 Å². The van der Waals surface area contributed by atoms with E-state index in [1.165, 1.54) is 0 Å². The normalized spacial score (nSPS) is 13.2. The summed E-state index contributed by atoms with van der Waals surface area (Å²) in [6.45, 7) is 3.82.